The number of aliphatic hydroxyl groups excluding tert-OH is 1. The quantitative estimate of drug-likeness (QED) is 0.133. The molecule has 17 heteroatoms. The minimum atomic E-state index is -1.52. The number of nitrogens with one attached hydrogen (secondary N) is 2. The number of rotatable bonds is 12. The molecule has 2 aliphatic heterocycles. The van der Waals surface area contributed by atoms with Gasteiger partial charge < -0.3 is 54.2 Å². The number of nitrogens with zero attached hydrogens (tertiary/aromatic N) is 4. The number of fused-ring (bicyclic) bond motifs is 1. The van der Waals surface area contributed by atoms with Gasteiger partial charge in [-0.15, -0.1) is 0 Å². The van der Waals surface area contributed by atoms with Gasteiger partial charge in [0.15, 0.2) is 5.79 Å². The molecule has 292 valence electrons. The van der Waals surface area contributed by atoms with Gasteiger partial charge in [0, 0.05) is 24.8 Å². The Morgan fingerprint density at radius 2 is 1.52 bits per heavy atom. The highest BCUT2D eigenvalue weighted by Gasteiger charge is 2.62. The Kier molecular flexibility index (Phi) is 13.1. The van der Waals surface area contributed by atoms with Crippen molar-refractivity contribution in [2.75, 3.05) is 20.2 Å². The van der Waals surface area contributed by atoms with Gasteiger partial charge in [-0.3, -0.25) is 0 Å². The molecule has 3 amide bonds. The predicted molar refractivity (Wildman–Crippen MR) is 190 cm³/mol. The summed E-state index contributed by atoms with van der Waals surface area (Å²) in [6.45, 7) is -0.124. The van der Waals surface area contributed by atoms with E-state index < -0.39 is 78.8 Å². The van der Waals surface area contributed by atoms with E-state index in [2.05, 4.69) is 20.7 Å². The van der Waals surface area contributed by atoms with E-state index >= 15 is 0 Å². The van der Waals surface area contributed by atoms with Crippen molar-refractivity contribution < 1.29 is 53.0 Å². The number of hydrogen-bond acceptors (Lipinski definition) is 11. The van der Waals surface area contributed by atoms with Gasteiger partial charge in [0.2, 0.25) is 0 Å². The lowest BCUT2D eigenvalue weighted by molar-refractivity contribution is -0.212. The van der Waals surface area contributed by atoms with E-state index in [1.807, 2.05) is 48.5 Å². The largest absolute Gasteiger partial charge is 0.465 e. The van der Waals surface area contributed by atoms with Crippen LogP contribution in [0.2, 0.25) is 0 Å². The summed E-state index contributed by atoms with van der Waals surface area (Å²) in [4.78, 5) is 42.8. The molecule has 9 atom stereocenters. The topological polar surface area (TPSA) is 223 Å². The third kappa shape index (κ3) is 9.71. The standard InChI is InChI=1S/C37H48N6O11/c1-43(36(47)48)19-27(26-16-15-25(22-49-26)41-42-38)52-31-28(39-34(45)50-20-23-11-5-2-6-12-23)30(44)29(40-35(46)51-21-24-13-7-3-8-14-24)32-33(31)54-37(53-32)17-9-4-10-18-37/h2-3,5-8,11-14,25-33,44H,4,9-10,15-22H2,1H3,(H,39,45)(H,40,46)(H,47,48)/t25?,26?,27?,28-,29+,30-,31+,32-,33-/m0/s1. The van der Waals surface area contributed by atoms with E-state index in [0.29, 0.717) is 25.7 Å². The van der Waals surface area contributed by atoms with Gasteiger partial charge in [-0.1, -0.05) is 72.2 Å². The van der Waals surface area contributed by atoms with Crippen LogP contribution in [0.4, 0.5) is 14.4 Å². The van der Waals surface area contributed by atoms with Crippen LogP contribution in [-0.4, -0.2) is 114 Å². The van der Waals surface area contributed by atoms with Crippen molar-refractivity contribution in [1.29, 1.82) is 0 Å². The maximum Gasteiger partial charge on any atom is 0.407 e. The van der Waals surface area contributed by atoms with Crippen LogP contribution in [0.1, 0.15) is 56.1 Å². The van der Waals surface area contributed by atoms with Crippen LogP contribution in [0.5, 0.6) is 0 Å². The molecule has 2 saturated heterocycles. The Hall–Kier alpha value is -4.64. The summed E-state index contributed by atoms with van der Waals surface area (Å²) in [5.41, 5.74) is 10.4. The first-order chi connectivity index (χ1) is 26.1. The van der Waals surface area contributed by atoms with E-state index in [9.17, 15) is 24.6 Å². The normalized spacial score (nSPS) is 29.1. The van der Waals surface area contributed by atoms with Crippen molar-refractivity contribution in [2.24, 2.45) is 5.11 Å². The smallest absolute Gasteiger partial charge is 0.407 e. The SMILES string of the molecule is CN(CC(O[C@@H]1[C@@H](NC(=O)OCc2ccccc2)[C@H](O)[C@@H](NC(=O)OCc2ccccc2)[C@@H]2OC3(CCCCC3)O[C@@H]12)C1CCC(N=[N+]=[N-])CO1)C(=O)O. The van der Waals surface area contributed by atoms with Crippen molar-refractivity contribution in [3.8, 4) is 0 Å². The molecule has 6 rings (SSSR count). The monoisotopic (exact) mass is 752 g/mol. The second-order valence-corrected chi connectivity index (χ2v) is 14.2. The number of hydrogen-bond donors (Lipinski definition) is 4. The number of azide groups is 1. The highest BCUT2D eigenvalue weighted by atomic mass is 16.8. The zero-order chi connectivity index (χ0) is 38.1. The van der Waals surface area contributed by atoms with Gasteiger partial charge in [0.05, 0.1) is 43.5 Å². The molecule has 0 aromatic heterocycles. The lowest BCUT2D eigenvalue weighted by Crippen LogP contribution is -2.72. The third-order valence-corrected chi connectivity index (χ3v) is 10.4. The number of alkyl carbamates (subject to hydrolysis) is 2. The zero-order valence-corrected chi connectivity index (χ0v) is 30.1. The van der Waals surface area contributed by atoms with Crippen LogP contribution >= 0.6 is 0 Å². The maximum absolute atomic E-state index is 13.5. The number of benzene rings is 2. The summed E-state index contributed by atoms with van der Waals surface area (Å²) >= 11 is 0. The highest BCUT2D eigenvalue weighted by molar-refractivity contribution is 5.69. The van der Waals surface area contributed by atoms with Crippen molar-refractivity contribution >= 4 is 18.3 Å². The van der Waals surface area contributed by atoms with Crippen LogP contribution in [0, 0.1) is 0 Å². The number of carboxylic acid groups (broad SMARTS) is 1. The summed E-state index contributed by atoms with van der Waals surface area (Å²) in [6.07, 6.45) is -4.42. The lowest BCUT2D eigenvalue weighted by Gasteiger charge is -2.47. The minimum Gasteiger partial charge on any atom is -0.465 e. The van der Waals surface area contributed by atoms with Crippen LogP contribution in [0.15, 0.2) is 65.8 Å². The summed E-state index contributed by atoms with van der Waals surface area (Å²) in [6, 6.07) is 15.4. The molecule has 0 bridgehead atoms. The number of carbonyl (C=O) groups excluding carboxylic acids is 2. The summed E-state index contributed by atoms with van der Waals surface area (Å²) in [5, 5.41) is 31.3. The van der Waals surface area contributed by atoms with Gasteiger partial charge in [0.1, 0.15) is 37.6 Å². The number of amides is 3. The van der Waals surface area contributed by atoms with Gasteiger partial charge in [-0.25, -0.2) is 14.4 Å². The molecular formula is C37H48N6O11. The van der Waals surface area contributed by atoms with Crippen LogP contribution in [0.3, 0.4) is 0 Å². The average Bonchev–Trinajstić information content (AvgIpc) is 3.55. The maximum atomic E-state index is 13.5. The molecule has 4 fully saturated rings. The van der Waals surface area contributed by atoms with Crippen molar-refractivity contribution in [2.45, 2.75) is 119 Å². The van der Waals surface area contributed by atoms with Gasteiger partial charge in [-0.05, 0) is 42.3 Å². The fourth-order valence-corrected chi connectivity index (χ4v) is 7.64. The van der Waals surface area contributed by atoms with Crippen molar-refractivity contribution in [3.63, 3.8) is 0 Å². The molecule has 4 aliphatic rings. The minimum absolute atomic E-state index is 0.0230. The van der Waals surface area contributed by atoms with Gasteiger partial charge in [-0.2, -0.15) is 0 Å². The average molecular weight is 753 g/mol. The molecule has 2 heterocycles. The van der Waals surface area contributed by atoms with Crippen molar-refractivity contribution in [3.05, 3.63) is 82.2 Å². The summed E-state index contributed by atoms with van der Waals surface area (Å²) < 4.78 is 37.4. The second-order valence-electron chi connectivity index (χ2n) is 14.2. The molecule has 2 aromatic carbocycles. The zero-order valence-electron chi connectivity index (χ0n) is 30.1. The number of carbonyl (C=O) groups is 3. The number of aliphatic hydroxyl groups is 1. The molecular weight excluding hydrogens is 704 g/mol. The van der Waals surface area contributed by atoms with E-state index in [1.54, 1.807) is 12.1 Å². The molecule has 1 spiro atoms. The molecule has 4 N–H and O–H groups in total. The fourth-order valence-electron chi connectivity index (χ4n) is 7.64. The number of likely N-dealkylation sites (N-methyl/N-ethyl adjacent to an activating group) is 1. The molecule has 2 aromatic rings. The second kappa shape index (κ2) is 18.1. The van der Waals surface area contributed by atoms with Gasteiger partial charge >= 0.3 is 18.3 Å². The predicted octanol–water partition coefficient (Wildman–Crippen LogP) is 4.62. The summed E-state index contributed by atoms with van der Waals surface area (Å²) in [7, 11) is 1.40. The Morgan fingerprint density at radius 1 is 0.926 bits per heavy atom. The lowest BCUT2D eigenvalue weighted by atomic mass is 9.81. The molecule has 3 unspecified atom stereocenters. The molecule has 17 nitrogen and oxygen atoms in total. The molecule has 2 saturated carbocycles. The van der Waals surface area contributed by atoms with Crippen LogP contribution in [-0.2, 0) is 41.6 Å². The van der Waals surface area contributed by atoms with Crippen LogP contribution in [0.25, 0.3) is 10.4 Å². The Balaban J connectivity index is 1.30. The van der Waals surface area contributed by atoms with E-state index in [-0.39, 0.29) is 26.4 Å². The summed E-state index contributed by atoms with van der Waals surface area (Å²) in [5.74, 6) is -1.04. The van der Waals surface area contributed by atoms with E-state index in [0.717, 1.165) is 35.3 Å². The Labute approximate surface area is 312 Å². The molecule has 54 heavy (non-hydrogen) atoms. The Bertz CT molecular complexity index is 1600. The van der Waals surface area contributed by atoms with Crippen molar-refractivity contribution in [1.82, 2.24) is 15.5 Å². The Morgan fingerprint density at radius 3 is 2.07 bits per heavy atom. The highest BCUT2D eigenvalue weighted by Crippen LogP contribution is 2.46. The van der Waals surface area contributed by atoms with Gasteiger partial charge in [0.25, 0.3) is 0 Å². The first-order valence-electron chi connectivity index (χ1n) is 18.4. The molecule has 2 aliphatic carbocycles. The first kappa shape index (κ1) is 39.1. The third-order valence-electron chi connectivity index (χ3n) is 10.4. The van der Waals surface area contributed by atoms with E-state index in [4.69, 9.17) is 34.0 Å². The fraction of sp³-hybridized carbons (Fsp3) is 0.595. The number of ether oxygens (including phenoxy) is 6. The first-order valence-corrected chi connectivity index (χ1v) is 18.4. The van der Waals surface area contributed by atoms with Crippen LogP contribution < -0.4 is 10.6 Å². The molecule has 0 radical (unpaired) electrons. The van der Waals surface area contributed by atoms with E-state index in [1.165, 1.54) is 7.05 Å².